The molecule has 1 saturated carbocycles. The minimum atomic E-state index is -0.487. The van der Waals surface area contributed by atoms with Gasteiger partial charge in [0.25, 0.3) is 5.91 Å². The van der Waals surface area contributed by atoms with Gasteiger partial charge in [-0.05, 0) is 121 Å². The normalized spacial score (nSPS) is 21.1. The molecule has 9 heteroatoms. The predicted octanol–water partition coefficient (Wildman–Crippen LogP) is 6.88. The van der Waals surface area contributed by atoms with Gasteiger partial charge in [0.05, 0.1) is 23.6 Å². The van der Waals surface area contributed by atoms with Gasteiger partial charge in [-0.1, -0.05) is 6.07 Å². The first-order valence-electron chi connectivity index (χ1n) is 16.2. The summed E-state index contributed by atoms with van der Waals surface area (Å²) in [6, 6.07) is 6.92. The first-order chi connectivity index (χ1) is 20.9. The molecule has 3 heterocycles. The average Bonchev–Trinajstić information content (AvgIpc) is 3.62. The van der Waals surface area contributed by atoms with Crippen molar-refractivity contribution >= 4 is 17.5 Å². The number of aromatic nitrogens is 2. The third-order valence-electron chi connectivity index (χ3n) is 9.10. The number of benzene rings is 1. The van der Waals surface area contributed by atoms with Gasteiger partial charge in [-0.2, -0.15) is 0 Å². The van der Waals surface area contributed by atoms with Crippen molar-refractivity contribution < 1.29 is 18.7 Å². The number of nitrogens with zero attached hydrogens (tertiary/aromatic N) is 4. The van der Waals surface area contributed by atoms with Crippen molar-refractivity contribution in [2.24, 2.45) is 5.92 Å². The molecule has 1 saturated heterocycles. The SMILES string of the molecule is CCN(C(=O)c1cc(F)ccc1-c1cc(C2CCN(CC3CCC(NC(=O)OC(C)(C)C)CC3)C2)cn2cncc12)C(C)C. The molecule has 2 fully saturated rings. The smallest absolute Gasteiger partial charge is 0.407 e. The number of carbonyl (C=O) groups excluding carboxylic acids is 2. The van der Waals surface area contributed by atoms with Crippen LogP contribution >= 0.6 is 0 Å². The summed E-state index contributed by atoms with van der Waals surface area (Å²) in [5.41, 5.74) is 3.63. The lowest BCUT2D eigenvalue weighted by atomic mass is 9.85. The van der Waals surface area contributed by atoms with Crippen LogP contribution in [-0.4, -0.2) is 75.0 Å². The van der Waals surface area contributed by atoms with Crippen molar-refractivity contribution in [3.63, 3.8) is 0 Å². The Kier molecular flexibility index (Phi) is 9.63. The fourth-order valence-electron chi connectivity index (χ4n) is 6.92. The summed E-state index contributed by atoms with van der Waals surface area (Å²) in [7, 11) is 0. The van der Waals surface area contributed by atoms with E-state index in [0.717, 1.165) is 68.4 Å². The van der Waals surface area contributed by atoms with E-state index in [1.807, 2.05) is 52.1 Å². The molecular formula is C35H48FN5O3. The molecule has 1 aliphatic carbocycles. The number of fused-ring (bicyclic) bond motifs is 1. The first kappa shape index (κ1) is 31.9. The van der Waals surface area contributed by atoms with Crippen LogP contribution in [0.5, 0.6) is 0 Å². The highest BCUT2D eigenvalue weighted by Crippen LogP contribution is 2.36. The predicted molar refractivity (Wildman–Crippen MR) is 171 cm³/mol. The molecule has 1 N–H and O–H groups in total. The van der Waals surface area contributed by atoms with E-state index in [0.29, 0.717) is 23.9 Å². The molecular weight excluding hydrogens is 557 g/mol. The zero-order valence-corrected chi connectivity index (χ0v) is 27.1. The molecule has 0 spiro atoms. The van der Waals surface area contributed by atoms with Crippen LogP contribution in [-0.2, 0) is 4.74 Å². The van der Waals surface area contributed by atoms with Gasteiger partial charge in [0.1, 0.15) is 11.4 Å². The maximum Gasteiger partial charge on any atom is 0.407 e. The van der Waals surface area contributed by atoms with E-state index in [-0.39, 0.29) is 24.1 Å². The van der Waals surface area contributed by atoms with E-state index in [4.69, 9.17) is 4.74 Å². The van der Waals surface area contributed by atoms with Crippen molar-refractivity contribution in [2.75, 3.05) is 26.2 Å². The van der Waals surface area contributed by atoms with Crippen molar-refractivity contribution in [1.29, 1.82) is 0 Å². The highest BCUT2D eigenvalue weighted by atomic mass is 19.1. The lowest BCUT2D eigenvalue weighted by Gasteiger charge is -2.32. The summed E-state index contributed by atoms with van der Waals surface area (Å²) in [5.74, 6) is 0.391. The van der Waals surface area contributed by atoms with Crippen molar-refractivity contribution in [3.8, 4) is 11.1 Å². The van der Waals surface area contributed by atoms with Crippen molar-refractivity contribution in [2.45, 2.75) is 97.2 Å². The third kappa shape index (κ3) is 7.42. The van der Waals surface area contributed by atoms with Crippen molar-refractivity contribution in [1.82, 2.24) is 24.5 Å². The Balaban J connectivity index is 1.29. The second kappa shape index (κ2) is 13.3. The van der Waals surface area contributed by atoms with Crippen LogP contribution in [0.3, 0.4) is 0 Å². The molecule has 2 amide bonds. The molecule has 2 aromatic heterocycles. The first-order valence-corrected chi connectivity index (χ1v) is 16.2. The van der Waals surface area contributed by atoms with Crippen LogP contribution in [0, 0.1) is 11.7 Å². The highest BCUT2D eigenvalue weighted by molar-refractivity contribution is 6.03. The molecule has 0 radical (unpaired) electrons. The van der Waals surface area contributed by atoms with E-state index in [9.17, 15) is 14.0 Å². The average molecular weight is 606 g/mol. The number of halogens is 1. The van der Waals surface area contributed by atoms with Crippen LogP contribution in [0.1, 0.15) is 95.5 Å². The van der Waals surface area contributed by atoms with Gasteiger partial charge in [-0.3, -0.25) is 4.79 Å². The molecule has 1 unspecified atom stereocenters. The number of rotatable bonds is 8. The molecule has 5 rings (SSSR count). The Hall–Kier alpha value is -3.46. The topological polar surface area (TPSA) is 79.2 Å². The summed E-state index contributed by atoms with van der Waals surface area (Å²) < 4.78 is 22.0. The standard InChI is InChI=1S/C35H48FN5O3/c1-7-41(23(2)3)33(42)31-17-27(36)10-13-29(31)30-16-26(21-40-22-37-18-32(30)40)25-14-15-39(20-25)19-24-8-11-28(12-9-24)38-34(43)44-35(4,5)6/h10,13,16-18,21-25,28H,7-9,11-12,14-15,19-20H2,1-6H3,(H,38,43). The Bertz CT molecular complexity index is 1470. The largest absolute Gasteiger partial charge is 0.444 e. The summed E-state index contributed by atoms with van der Waals surface area (Å²) in [6.45, 7) is 15.2. The molecule has 3 aromatic rings. The number of hydrogen-bond donors (Lipinski definition) is 1. The van der Waals surface area contributed by atoms with Crippen LogP contribution in [0.4, 0.5) is 9.18 Å². The summed E-state index contributed by atoms with van der Waals surface area (Å²) >= 11 is 0. The Morgan fingerprint density at radius 1 is 1.11 bits per heavy atom. The lowest BCUT2D eigenvalue weighted by molar-refractivity contribution is 0.0484. The monoisotopic (exact) mass is 605 g/mol. The number of nitrogens with one attached hydrogen (secondary N) is 1. The highest BCUT2D eigenvalue weighted by Gasteiger charge is 2.30. The number of hydrogen-bond acceptors (Lipinski definition) is 5. The van der Waals surface area contributed by atoms with E-state index in [1.54, 1.807) is 17.3 Å². The molecule has 44 heavy (non-hydrogen) atoms. The van der Waals surface area contributed by atoms with Gasteiger partial charge < -0.3 is 24.3 Å². The van der Waals surface area contributed by atoms with Crippen molar-refractivity contribution in [3.05, 3.63) is 59.9 Å². The van der Waals surface area contributed by atoms with Gasteiger partial charge in [-0.15, -0.1) is 0 Å². The van der Waals surface area contributed by atoms with Crippen LogP contribution < -0.4 is 5.32 Å². The summed E-state index contributed by atoms with van der Waals surface area (Å²) in [6.07, 6.45) is 10.7. The summed E-state index contributed by atoms with van der Waals surface area (Å²) in [4.78, 5) is 34.6. The minimum Gasteiger partial charge on any atom is -0.444 e. The lowest BCUT2D eigenvalue weighted by Crippen LogP contribution is -2.42. The van der Waals surface area contributed by atoms with Crippen LogP contribution in [0.25, 0.3) is 16.6 Å². The molecule has 2 aliphatic rings. The molecule has 1 atom stereocenters. The number of carbonyl (C=O) groups is 2. The molecule has 8 nitrogen and oxygen atoms in total. The zero-order chi connectivity index (χ0) is 31.6. The quantitative estimate of drug-likeness (QED) is 0.303. The number of ether oxygens (including phenoxy) is 1. The third-order valence-corrected chi connectivity index (χ3v) is 9.10. The zero-order valence-electron chi connectivity index (χ0n) is 27.1. The maximum absolute atomic E-state index is 14.5. The van der Waals surface area contributed by atoms with Gasteiger partial charge >= 0.3 is 6.09 Å². The van der Waals surface area contributed by atoms with Gasteiger partial charge in [0, 0.05) is 43.5 Å². The number of alkyl carbamates (subject to hydrolysis) is 1. The Morgan fingerprint density at radius 2 is 1.86 bits per heavy atom. The molecule has 1 aliphatic heterocycles. The van der Waals surface area contributed by atoms with E-state index in [1.165, 1.54) is 17.7 Å². The molecule has 1 aromatic carbocycles. The number of likely N-dealkylation sites (tertiary alicyclic amines) is 1. The molecule has 238 valence electrons. The second-order valence-corrected chi connectivity index (χ2v) is 13.9. The Morgan fingerprint density at radius 3 is 2.55 bits per heavy atom. The van der Waals surface area contributed by atoms with E-state index in [2.05, 4.69) is 27.5 Å². The van der Waals surface area contributed by atoms with E-state index < -0.39 is 11.4 Å². The maximum atomic E-state index is 14.5. The van der Waals surface area contributed by atoms with Crippen LogP contribution in [0.2, 0.25) is 0 Å². The van der Waals surface area contributed by atoms with Gasteiger partial charge in [-0.25, -0.2) is 14.2 Å². The number of imidazole rings is 1. The fraction of sp³-hybridized carbons (Fsp3) is 0.571. The van der Waals surface area contributed by atoms with Crippen LogP contribution in [0.15, 0.2) is 43.0 Å². The number of pyridine rings is 1. The fourth-order valence-corrected chi connectivity index (χ4v) is 6.92. The van der Waals surface area contributed by atoms with E-state index >= 15 is 0 Å². The summed E-state index contributed by atoms with van der Waals surface area (Å²) in [5, 5.41) is 3.05. The number of amides is 2. The minimum absolute atomic E-state index is 0.00528. The second-order valence-electron chi connectivity index (χ2n) is 13.9. The Labute approximate surface area is 261 Å². The molecule has 0 bridgehead atoms. The van der Waals surface area contributed by atoms with Gasteiger partial charge in [0.2, 0.25) is 0 Å². The van der Waals surface area contributed by atoms with Gasteiger partial charge in [0.15, 0.2) is 0 Å².